The Balaban J connectivity index is -0.000000651. The van der Waals surface area contributed by atoms with Gasteiger partial charge in [-0.25, -0.2) is 0 Å². The van der Waals surface area contributed by atoms with Crippen LogP contribution >= 0.6 is 0 Å². The van der Waals surface area contributed by atoms with E-state index in [0.717, 1.165) is 19.3 Å². The third kappa shape index (κ3) is 49.0. The molecule has 0 aliphatic rings. The van der Waals surface area contributed by atoms with Gasteiger partial charge in [0.15, 0.2) is 0 Å². The number of carbonyl (C=O) groups excluding carboxylic acids is 1. The van der Waals surface area contributed by atoms with Crippen LogP contribution in [0.1, 0.15) is 200 Å². The number of hydrogen-bond donors (Lipinski definition) is 0. The fraction of sp³-hybridized carbons (Fsp3) is 0.861. The van der Waals surface area contributed by atoms with Crippen LogP contribution in [0, 0.1) is 0 Å². The zero-order chi connectivity index (χ0) is 28.2. The molecule has 0 bridgehead atoms. The molecular formula is C36H69CsO2. The Hall–Kier alpha value is 1.00. The predicted octanol–water partition coefficient (Wildman–Crippen LogP) is 8.82. The Labute approximate surface area is 305 Å². The van der Waals surface area contributed by atoms with E-state index in [-0.39, 0.29) is 75.3 Å². The molecule has 0 unspecified atom stereocenters. The third-order valence-corrected chi connectivity index (χ3v) is 7.40. The van der Waals surface area contributed by atoms with Crippen molar-refractivity contribution in [3.05, 3.63) is 24.8 Å². The molecule has 0 aliphatic carbocycles. The zero-order valence-corrected chi connectivity index (χ0v) is 33.5. The standard InChI is InChI=1S/C18H34O2.C18H36.Cs/c1-2-3-4-5-6-7-8-9-10-11-12-13-14-15-16-17-18(19)20;1-3-5-7-9-11-13-15-17-18-16-14-12-10-8-6-4-2;/h9-10H,2-8,11-17H2,1H3,(H,19,20);3H,1,4-18H2,2H3;/q;;+1/p-1/b10-9-;;. The molecule has 226 valence electrons. The molecule has 0 N–H and O–H groups in total. The third-order valence-electron chi connectivity index (χ3n) is 7.40. The molecule has 0 radical (unpaired) electrons. The summed E-state index contributed by atoms with van der Waals surface area (Å²) in [7, 11) is 0. The predicted molar refractivity (Wildman–Crippen MR) is 170 cm³/mol. The van der Waals surface area contributed by atoms with Gasteiger partial charge in [-0.2, -0.15) is 0 Å². The van der Waals surface area contributed by atoms with Crippen molar-refractivity contribution in [1.82, 2.24) is 0 Å². The first-order chi connectivity index (χ1) is 18.7. The van der Waals surface area contributed by atoms with Crippen molar-refractivity contribution in [1.29, 1.82) is 0 Å². The molecule has 0 fully saturated rings. The molecule has 0 aliphatic heterocycles. The number of hydrogen-bond acceptors (Lipinski definition) is 2. The van der Waals surface area contributed by atoms with E-state index in [1.165, 1.54) is 161 Å². The van der Waals surface area contributed by atoms with Gasteiger partial charge in [-0.15, -0.1) is 6.58 Å². The summed E-state index contributed by atoms with van der Waals surface area (Å²) in [4.78, 5) is 10.2. The zero-order valence-electron chi connectivity index (χ0n) is 27.3. The number of carboxylic acids is 1. The fourth-order valence-corrected chi connectivity index (χ4v) is 4.82. The summed E-state index contributed by atoms with van der Waals surface area (Å²) in [5.74, 6) is -0.914. The van der Waals surface area contributed by atoms with Crippen LogP contribution in [-0.2, 0) is 4.79 Å². The Morgan fingerprint density at radius 3 is 1.08 bits per heavy atom. The second kappa shape index (κ2) is 43.5. The molecule has 0 atom stereocenters. The van der Waals surface area contributed by atoms with E-state index < -0.39 is 5.97 Å². The van der Waals surface area contributed by atoms with Gasteiger partial charge in [0.2, 0.25) is 0 Å². The molecule has 0 aromatic carbocycles. The van der Waals surface area contributed by atoms with Crippen LogP contribution in [0.4, 0.5) is 0 Å². The number of unbranched alkanes of at least 4 members (excludes halogenated alkanes) is 25. The molecular weight excluding hydrogens is 597 g/mol. The molecule has 0 amide bonds. The van der Waals surface area contributed by atoms with Gasteiger partial charge in [-0.05, 0) is 51.4 Å². The van der Waals surface area contributed by atoms with Gasteiger partial charge in [0.25, 0.3) is 0 Å². The minimum Gasteiger partial charge on any atom is -0.550 e. The number of rotatable bonds is 30. The number of aliphatic carboxylic acids is 1. The summed E-state index contributed by atoms with van der Waals surface area (Å²) in [6.07, 6.45) is 44.4. The van der Waals surface area contributed by atoms with E-state index >= 15 is 0 Å². The first-order valence-electron chi connectivity index (χ1n) is 17.1. The molecule has 0 saturated heterocycles. The summed E-state index contributed by atoms with van der Waals surface area (Å²) < 4.78 is 0. The van der Waals surface area contributed by atoms with Gasteiger partial charge in [-0.1, -0.05) is 167 Å². The Bertz CT molecular complexity index is 475. The van der Waals surface area contributed by atoms with Crippen LogP contribution < -0.4 is 74.0 Å². The molecule has 0 rings (SSSR count). The summed E-state index contributed by atoms with van der Waals surface area (Å²) in [6, 6.07) is 0. The van der Waals surface area contributed by atoms with Gasteiger partial charge in [0.1, 0.15) is 0 Å². The maximum Gasteiger partial charge on any atom is 1.00 e. The molecule has 3 heteroatoms. The summed E-state index contributed by atoms with van der Waals surface area (Å²) in [5.41, 5.74) is 0. The van der Waals surface area contributed by atoms with Crippen molar-refractivity contribution in [2.45, 2.75) is 200 Å². The molecule has 39 heavy (non-hydrogen) atoms. The van der Waals surface area contributed by atoms with E-state index in [9.17, 15) is 9.90 Å². The van der Waals surface area contributed by atoms with E-state index in [4.69, 9.17) is 0 Å². The molecule has 0 heterocycles. The van der Waals surface area contributed by atoms with Crippen LogP contribution in [0.5, 0.6) is 0 Å². The maximum atomic E-state index is 10.2. The van der Waals surface area contributed by atoms with Gasteiger partial charge < -0.3 is 9.90 Å². The summed E-state index contributed by atoms with van der Waals surface area (Å²) in [6.45, 7) is 8.30. The van der Waals surface area contributed by atoms with Crippen molar-refractivity contribution < 1.29 is 78.8 Å². The molecule has 0 spiro atoms. The molecule has 2 nitrogen and oxygen atoms in total. The molecule has 0 saturated carbocycles. The van der Waals surface area contributed by atoms with Crippen LogP contribution in [-0.4, -0.2) is 5.97 Å². The number of allylic oxidation sites excluding steroid dienone is 3. The second-order valence-corrected chi connectivity index (χ2v) is 11.4. The van der Waals surface area contributed by atoms with Crippen molar-refractivity contribution in [3.63, 3.8) is 0 Å². The minimum absolute atomic E-state index is 0. The maximum absolute atomic E-state index is 10.2. The fourth-order valence-electron chi connectivity index (χ4n) is 4.82. The van der Waals surface area contributed by atoms with E-state index in [1.807, 2.05) is 6.08 Å². The van der Waals surface area contributed by atoms with Gasteiger partial charge in [0.05, 0.1) is 0 Å². The van der Waals surface area contributed by atoms with Crippen LogP contribution in [0.2, 0.25) is 0 Å². The monoisotopic (exact) mass is 666 g/mol. The van der Waals surface area contributed by atoms with E-state index in [2.05, 4.69) is 32.6 Å². The quantitative estimate of drug-likeness (QED) is 0.0568. The second-order valence-electron chi connectivity index (χ2n) is 11.4. The van der Waals surface area contributed by atoms with Crippen LogP contribution in [0.15, 0.2) is 24.8 Å². The van der Waals surface area contributed by atoms with Crippen LogP contribution in [0.3, 0.4) is 0 Å². The Morgan fingerprint density at radius 2 is 0.769 bits per heavy atom. The normalized spacial score (nSPS) is 10.7. The summed E-state index contributed by atoms with van der Waals surface area (Å²) in [5, 5.41) is 10.2. The van der Waals surface area contributed by atoms with Crippen molar-refractivity contribution >= 4 is 5.97 Å². The first-order valence-corrected chi connectivity index (χ1v) is 17.1. The van der Waals surface area contributed by atoms with Gasteiger partial charge >= 0.3 is 68.9 Å². The first kappa shape index (κ1) is 44.4. The Morgan fingerprint density at radius 1 is 0.487 bits per heavy atom. The molecule has 0 aromatic heterocycles. The van der Waals surface area contributed by atoms with Gasteiger partial charge in [0, 0.05) is 5.97 Å². The average molecular weight is 667 g/mol. The van der Waals surface area contributed by atoms with E-state index in [0.29, 0.717) is 0 Å². The number of carboxylic acid groups (broad SMARTS) is 1. The minimum atomic E-state index is -0.914. The van der Waals surface area contributed by atoms with Crippen molar-refractivity contribution in [3.8, 4) is 0 Å². The molecule has 0 aromatic rings. The smallest absolute Gasteiger partial charge is 0.550 e. The topological polar surface area (TPSA) is 40.1 Å². The van der Waals surface area contributed by atoms with Crippen molar-refractivity contribution in [2.24, 2.45) is 0 Å². The van der Waals surface area contributed by atoms with Crippen molar-refractivity contribution in [2.75, 3.05) is 0 Å². The van der Waals surface area contributed by atoms with Gasteiger partial charge in [-0.3, -0.25) is 0 Å². The van der Waals surface area contributed by atoms with Crippen LogP contribution in [0.25, 0.3) is 0 Å². The number of carbonyl (C=O) groups is 1. The Kier molecular flexibility index (Phi) is 49.5. The largest absolute Gasteiger partial charge is 1.00 e. The van der Waals surface area contributed by atoms with E-state index in [1.54, 1.807) is 0 Å². The average Bonchev–Trinajstić information content (AvgIpc) is 2.91. The summed E-state index contributed by atoms with van der Waals surface area (Å²) >= 11 is 0. The SMILES string of the molecule is C=CCCCCCCCCCCCCCCCC.CCCCCCCC/C=C\CCCCCCCC(=O)[O-].[Cs+].